The molecule has 4 rings (SSSR count). The van der Waals surface area contributed by atoms with Crippen molar-refractivity contribution >= 4 is 5.96 Å². The monoisotopic (exact) mass is 424 g/mol. The molecule has 1 saturated carbocycles. The van der Waals surface area contributed by atoms with Gasteiger partial charge in [-0.3, -0.25) is 9.67 Å². The van der Waals surface area contributed by atoms with E-state index in [0.717, 1.165) is 56.7 Å². The number of aromatic nitrogens is 3. The van der Waals surface area contributed by atoms with E-state index in [9.17, 15) is 0 Å². The number of nitrogens with zero attached hydrogens (tertiary/aromatic N) is 5. The van der Waals surface area contributed by atoms with E-state index in [4.69, 9.17) is 4.74 Å². The molecule has 2 fully saturated rings. The number of rotatable bonds is 6. The van der Waals surface area contributed by atoms with Crippen molar-refractivity contribution in [2.75, 3.05) is 20.1 Å². The van der Waals surface area contributed by atoms with Crippen LogP contribution in [-0.2, 0) is 20.0 Å². The molecule has 2 aliphatic rings. The number of likely N-dealkylation sites (tertiary alicyclic amines) is 1. The van der Waals surface area contributed by atoms with Gasteiger partial charge in [0, 0.05) is 52.2 Å². The Morgan fingerprint density at radius 2 is 2.06 bits per heavy atom. The van der Waals surface area contributed by atoms with Gasteiger partial charge in [0.05, 0.1) is 6.20 Å². The largest absolute Gasteiger partial charge is 0.474 e. The predicted octanol–water partition coefficient (Wildman–Crippen LogP) is 3.41. The van der Waals surface area contributed by atoms with Crippen molar-refractivity contribution in [3.8, 4) is 5.88 Å². The third-order valence-corrected chi connectivity index (χ3v) is 6.58. The van der Waals surface area contributed by atoms with Gasteiger partial charge in [0.25, 0.3) is 0 Å². The van der Waals surface area contributed by atoms with Gasteiger partial charge in [0.15, 0.2) is 5.96 Å². The van der Waals surface area contributed by atoms with Crippen molar-refractivity contribution in [2.24, 2.45) is 23.9 Å². The zero-order valence-corrected chi connectivity index (χ0v) is 19.1. The van der Waals surface area contributed by atoms with E-state index in [2.05, 4.69) is 44.5 Å². The van der Waals surface area contributed by atoms with Crippen molar-refractivity contribution in [3.05, 3.63) is 41.9 Å². The van der Waals surface area contributed by atoms with Gasteiger partial charge < -0.3 is 15.0 Å². The summed E-state index contributed by atoms with van der Waals surface area (Å²) in [6.45, 7) is 5.11. The van der Waals surface area contributed by atoms with Crippen LogP contribution in [0.15, 0.2) is 35.7 Å². The van der Waals surface area contributed by atoms with Crippen LogP contribution >= 0.6 is 0 Å². The molecule has 1 saturated heterocycles. The van der Waals surface area contributed by atoms with Crippen LogP contribution in [0.3, 0.4) is 0 Å². The Labute approximate surface area is 185 Å². The van der Waals surface area contributed by atoms with E-state index in [1.54, 1.807) is 0 Å². The Balaban J connectivity index is 1.27. The van der Waals surface area contributed by atoms with Crippen molar-refractivity contribution in [1.29, 1.82) is 0 Å². The second-order valence-corrected chi connectivity index (χ2v) is 9.23. The van der Waals surface area contributed by atoms with E-state index in [1.165, 1.54) is 30.4 Å². The first kappa shape index (κ1) is 21.7. The number of guanidine groups is 1. The van der Waals surface area contributed by atoms with Gasteiger partial charge in [-0.15, -0.1) is 0 Å². The average molecular weight is 425 g/mol. The number of pyridine rings is 1. The molecule has 0 bridgehead atoms. The van der Waals surface area contributed by atoms with Crippen LogP contribution in [-0.4, -0.2) is 51.9 Å². The quantitative estimate of drug-likeness (QED) is 0.569. The molecule has 2 aromatic rings. The molecular formula is C24H36N6O. The fourth-order valence-electron chi connectivity index (χ4n) is 4.76. The minimum atomic E-state index is 0.307. The molecule has 1 aliphatic carbocycles. The Hall–Kier alpha value is -2.57. The molecule has 31 heavy (non-hydrogen) atoms. The molecular weight excluding hydrogens is 388 g/mol. The van der Waals surface area contributed by atoms with Crippen molar-refractivity contribution in [3.63, 3.8) is 0 Å². The summed E-state index contributed by atoms with van der Waals surface area (Å²) in [5.41, 5.74) is 2.48. The van der Waals surface area contributed by atoms with Crippen LogP contribution in [0.5, 0.6) is 5.88 Å². The third kappa shape index (κ3) is 5.99. The average Bonchev–Trinajstić information content (AvgIpc) is 3.40. The Morgan fingerprint density at radius 3 is 2.81 bits per heavy atom. The molecule has 0 amide bonds. The number of ether oxygens (including phenoxy) is 1. The maximum atomic E-state index is 6.16. The number of nitrogens with one attached hydrogen (secondary N) is 1. The first-order valence-electron chi connectivity index (χ1n) is 11.6. The molecule has 1 N–H and O–H groups in total. The van der Waals surface area contributed by atoms with Crippen LogP contribution in [0.2, 0.25) is 0 Å². The van der Waals surface area contributed by atoms with Gasteiger partial charge in [0.1, 0.15) is 6.10 Å². The minimum absolute atomic E-state index is 0.307. The lowest BCUT2D eigenvalue weighted by Crippen LogP contribution is -2.39. The number of hydrogen-bond acceptors (Lipinski definition) is 4. The van der Waals surface area contributed by atoms with Crippen molar-refractivity contribution in [1.82, 2.24) is 25.0 Å². The molecule has 0 radical (unpaired) electrons. The zero-order valence-electron chi connectivity index (χ0n) is 19.1. The fraction of sp³-hybridized carbons (Fsp3) is 0.625. The second-order valence-electron chi connectivity index (χ2n) is 9.23. The lowest BCUT2D eigenvalue weighted by atomic mass is 9.89. The summed E-state index contributed by atoms with van der Waals surface area (Å²) in [4.78, 5) is 11.3. The third-order valence-electron chi connectivity index (χ3n) is 6.58. The van der Waals surface area contributed by atoms with Crippen molar-refractivity contribution in [2.45, 2.75) is 58.1 Å². The smallest absolute Gasteiger partial charge is 0.213 e. The molecule has 1 atom stereocenters. The minimum Gasteiger partial charge on any atom is -0.474 e. The van der Waals surface area contributed by atoms with Crippen LogP contribution in [0.25, 0.3) is 0 Å². The molecule has 7 heteroatoms. The first-order chi connectivity index (χ1) is 15.1. The Morgan fingerprint density at radius 1 is 1.23 bits per heavy atom. The molecule has 2 aromatic heterocycles. The standard InChI is InChI=1S/C24H36N6O/c1-18-4-6-22(7-5-18)31-23-13-19(8-10-26-23)14-27-24(25-2)30-11-9-20(17-30)12-21-15-28-29(3)16-21/h8,10,13,15-16,18,20,22H,4-7,9,11-12,14,17H2,1-3H3,(H,25,27). The van der Waals surface area contributed by atoms with Crippen LogP contribution in [0.1, 0.15) is 50.2 Å². The summed E-state index contributed by atoms with van der Waals surface area (Å²) in [6.07, 6.45) is 13.3. The Bertz CT molecular complexity index is 870. The van der Waals surface area contributed by atoms with Gasteiger partial charge in [-0.1, -0.05) is 6.92 Å². The maximum Gasteiger partial charge on any atom is 0.213 e. The van der Waals surface area contributed by atoms with Gasteiger partial charge in [-0.2, -0.15) is 5.10 Å². The molecule has 1 unspecified atom stereocenters. The lowest BCUT2D eigenvalue weighted by Gasteiger charge is -2.26. The van der Waals surface area contributed by atoms with Crippen molar-refractivity contribution < 1.29 is 4.74 Å². The Kier molecular flexibility index (Phi) is 7.10. The highest BCUT2D eigenvalue weighted by Crippen LogP contribution is 2.27. The summed E-state index contributed by atoms with van der Waals surface area (Å²) in [5, 5.41) is 7.82. The fourth-order valence-corrected chi connectivity index (χ4v) is 4.76. The summed E-state index contributed by atoms with van der Waals surface area (Å²) in [5.74, 6) is 3.17. The van der Waals surface area contributed by atoms with E-state index in [1.807, 2.05) is 37.2 Å². The lowest BCUT2D eigenvalue weighted by molar-refractivity contribution is 0.130. The topological polar surface area (TPSA) is 67.6 Å². The summed E-state index contributed by atoms with van der Waals surface area (Å²) in [7, 11) is 3.84. The highest BCUT2D eigenvalue weighted by atomic mass is 16.5. The molecule has 7 nitrogen and oxygen atoms in total. The molecule has 168 valence electrons. The van der Waals surface area contributed by atoms with E-state index >= 15 is 0 Å². The SMILES string of the molecule is CN=C(NCc1ccnc(OC2CCC(C)CC2)c1)N1CCC(Cc2cnn(C)c2)C1. The van der Waals surface area contributed by atoms with Crippen LogP contribution in [0, 0.1) is 11.8 Å². The van der Waals surface area contributed by atoms with Crippen LogP contribution in [0.4, 0.5) is 0 Å². The summed E-state index contributed by atoms with van der Waals surface area (Å²) >= 11 is 0. The number of hydrogen-bond donors (Lipinski definition) is 1. The van der Waals surface area contributed by atoms with Crippen LogP contribution < -0.4 is 10.1 Å². The predicted molar refractivity (Wildman–Crippen MR) is 123 cm³/mol. The second kappa shape index (κ2) is 10.2. The highest BCUT2D eigenvalue weighted by molar-refractivity contribution is 5.80. The number of aryl methyl sites for hydroxylation is 1. The van der Waals surface area contributed by atoms with E-state index < -0.39 is 0 Å². The molecule has 3 heterocycles. The van der Waals surface area contributed by atoms with E-state index in [0.29, 0.717) is 12.0 Å². The molecule has 0 spiro atoms. The zero-order chi connectivity index (χ0) is 21.6. The van der Waals surface area contributed by atoms with Gasteiger partial charge in [-0.05, 0) is 67.6 Å². The van der Waals surface area contributed by atoms with Gasteiger partial charge in [0.2, 0.25) is 5.88 Å². The molecule has 0 aromatic carbocycles. The van der Waals surface area contributed by atoms with E-state index in [-0.39, 0.29) is 0 Å². The summed E-state index contributed by atoms with van der Waals surface area (Å²) in [6, 6.07) is 4.11. The van der Waals surface area contributed by atoms with Gasteiger partial charge >= 0.3 is 0 Å². The normalized spacial score (nSPS) is 24.4. The first-order valence-corrected chi connectivity index (χ1v) is 11.6. The highest BCUT2D eigenvalue weighted by Gasteiger charge is 2.25. The maximum absolute atomic E-state index is 6.16. The number of aliphatic imine (C=N–C) groups is 1. The van der Waals surface area contributed by atoms with Gasteiger partial charge in [-0.25, -0.2) is 4.98 Å². The summed E-state index contributed by atoms with van der Waals surface area (Å²) < 4.78 is 8.04. The molecule has 1 aliphatic heterocycles.